The number of alkyl halides is 1. The summed E-state index contributed by atoms with van der Waals surface area (Å²) >= 11 is 11.5. The zero-order valence-electron chi connectivity index (χ0n) is 10.9. The highest BCUT2D eigenvalue weighted by molar-refractivity contribution is 7.86. The monoisotopic (exact) mass is 351 g/mol. The van der Waals surface area contributed by atoms with Crippen LogP contribution in [0.1, 0.15) is 18.1 Å². The van der Waals surface area contributed by atoms with E-state index < -0.39 is 16.2 Å². The number of oxime groups is 1. The summed E-state index contributed by atoms with van der Waals surface area (Å²) in [5.74, 6) is -0.508. The molecule has 1 aliphatic heterocycles. The van der Waals surface area contributed by atoms with Gasteiger partial charge in [-0.2, -0.15) is 8.42 Å². The summed E-state index contributed by atoms with van der Waals surface area (Å²) < 4.78 is 27.5. The standard InChI is InChI=1S/C12H11Cl2NO5S/c1-21(17,18)20-10-4-2-3-7(14)12(10)11-5-8(15-19-11)9(16)6-13/h2-4,11H,5-6H2,1H3. The van der Waals surface area contributed by atoms with Gasteiger partial charge in [0.1, 0.15) is 5.71 Å². The number of benzene rings is 1. The second-order valence-corrected chi connectivity index (χ2v) is 6.58. The highest BCUT2D eigenvalue weighted by Crippen LogP contribution is 2.39. The van der Waals surface area contributed by atoms with E-state index in [-0.39, 0.29) is 34.6 Å². The van der Waals surface area contributed by atoms with Gasteiger partial charge < -0.3 is 9.02 Å². The fraction of sp³-hybridized carbons (Fsp3) is 0.333. The number of Topliss-reactive ketones (excluding diaryl/α,β-unsaturated/α-hetero) is 1. The van der Waals surface area contributed by atoms with Gasteiger partial charge in [0.15, 0.2) is 17.6 Å². The van der Waals surface area contributed by atoms with Crippen molar-refractivity contribution in [2.75, 3.05) is 12.1 Å². The van der Waals surface area contributed by atoms with E-state index in [1.807, 2.05) is 0 Å². The lowest BCUT2D eigenvalue weighted by molar-refractivity contribution is -0.110. The van der Waals surface area contributed by atoms with Gasteiger partial charge in [0.05, 0.1) is 22.7 Å². The molecule has 1 atom stereocenters. The lowest BCUT2D eigenvalue weighted by Crippen LogP contribution is -2.15. The van der Waals surface area contributed by atoms with Gasteiger partial charge in [-0.25, -0.2) is 0 Å². The Labute approximate surface area is 131 Å². The third-order valence-electron chi connectivity index (χ3n) is 2.69. The minimum absolute atomic E-state index is 0.0461. The van der Waals surface area contributed by atoms with Crippen LogP contribution in [-0.2, 0) is 19.8 Å². The molecule has 0 bridgehead atoms. The third kappa shape index (κ3) is 3.87. The molecule has 1 unspecified atom stereocenters. The molecule has 0 aromatic heterocycles. The maximum absolute atomic E-state index is 11.5. The first-order valence-corrected chi connectivity index (χ1v) is 8.54. The van der Waals surface area contributed by atoms with E-state index in [1.165, 1.54) is 6.07 Å². The summed E-state index contributed by atoms with van der Waals surface area (Å²) in [5.41, 5.74) is 0.505. The van der Waals surface area contributed by atoms with Gasteiger partial charge in [0, 0.05) is 6.42 Å². The second-order valence-electron chi connectivity index (χ2n) is 4.33. The molecule has 2 rings (SSSR count). The second kappa shape index (κ2) is 6.21. The Morgan fingerprint density at radius 1 is 1.52 bits per heavy atom. The summed E-state index contributed by atoms with van der Waals surface area (Å²) in [5, 5.41) is 3.92. The molecule has 21 heavy (non-hydrogen) atoms. The van der Waals surface area contributed by atoms with Crippen molar-refractivity contribution in [2.24, 2.45) is 5.16 Å². The van der Waals surface area contributed by atoms with Crippen molar-refractivity contribution in [2.45, 2.75) is 12.5 Å². The molecule has 1 aromatic carbocycles. The smallest absolute Gasteiger partial charge is 0.306 e. The summed E-state index contributed by atoms with van der Waals surface area (Å²) in [6.45, 7) is 0. The first-order chi connectivity index (χ1) is 9.81. The molecule has 0 saturated carbocycles. The maximum atomic E-state index is 11.5. The van der Waals surface area contributed by atoms with E-state index in [1.54, 1.807) is 12.1 Å². The van der Waals surface area contributed by atoms with Crippen molar-refractivity contribution in [1.29, 1.82) is 0 Å². The van der Waals surface area contributed by atoms with Gasteiger partial charge in [-0.05, 0) is 12.1 Å². The van der Waals surface area contributed by atoms with E-state index in [0.717, 1.165) is 6.26 Å². The van der Waals surface area contributed by atoms with E-state index in [4.69, 9.17) is 32.2 Å². The van der Waals surface area contributed by atoms with Crippen LogP contribution < -0.4 is 4.18 Å². The lowest BCUT2D eigenvalue weighted by Gasteiger charge is -2.15. The minimum Gasteiger partial charge on any atom is -0.387 e. The molecule has 0 N–H and O–H groups in total. The Hall–Kier alpha value is -1.31. The molecule has 6 nitrogen and oxygen atoms in total. The molecule has 0 radical (unpaired) electrons. The van der Waals surface area contributed by atoms with Gasteiger partial charge in [-0.1, -0.05) is 22.8 Å². The summed E-state index contributed by atoms with van der Waals surface area (Å²) in [6.07, 6.45) is 0.374. The molecule has 1 heterocycles. The van der Waals surface area contributed by atoms with E-state index in [2.05, 4.69) is 5.16 Å². The first-order valence-electron chi connectivity index (χ1n) is 5.81. The van der Waals surface area contributed by atoms with Crippen LogP contribution in [0.5, 0.6) is 5.75 Å². The van der Waals surface area contributed by atoms with Crippen LogP contribution in [0.25, 0.3) is 0 Å². The number of hydrogen-bond acceptors (Lipinski definition) is 6. The number of carbonyl (C=O) groups excluding carboxylic acids is 1. The number of carbonyl (C=O) groups is 1. The third-order valence-corrected chi connectivity index (χ3v) is 3.74. The summed E-state index contributed by atoms with van der Waals surface area (Å²) in [4.78, 5) is 16.6. The molecule has 1 aromatic rings. The van der Waals surface area contributed by atoms with Crippen molar-refractivity contribution in [3.05, 3.63) is 28.8 Å². The van der Waals surface area contributed by atoms with Crippen LogP contribution in [0.4, 0.5) is 0 Å². The van der Waals surface area contributed by atoms with Crippen LogP contribution in [-0.4, -0.2) is 32.0 Å². The zero-order valence-corrected chi connectivity index (χ0v) is 13.2. The molecule has 0 saturated heterocycles. The molecule has 0 fully saturated rings. The number of halogens is 2. The molecule has 1 aliphatic rings. The van der Waals surface area contributed by atoms with Gasteiger partial charge in [0.2, 0.25) is 0 Å². The van der Waals surface area contributed by atoms with Crippen LogP contribution in [0.2, 0.25) is 5.02 Å². The highest BCUT2D eigenvalue weighted by Gasteiger charge is 2.31. The van der Waals surface area contributed by atoms with Crippen molar-refractivity contribution >= 4 is 44.8 Å². The molecule has 114 valence electrons. The molecule has 0 amide bonds. The van der Waals surface area contributed by atoms with Crippen molar-refractivity contribution < 1.29 is 22.2 Å². The highest BCUT2D eigenvalue weighted by atomic mass is 35.5. The van der Waals surface area contributed by atoms with Crippen LogP contribution >= 0.6 is 23.2 Å². The first kappa shape index (κ1) is 16.1. The van der Waals surface area contributed by atoms with Gasteiger partial charge in [-0.15, -0.1) is 11.6 Å². The molecule has 0 aliphatic carbocycles. The molecule has 9 heteroatoms. The normalized spacial score (nSPS) is 18.0. The van der Waals surface area contributed by atoms with Crippen molar-refractivity contribution in [1.82, 2.24) is 0 Å². The topological polar surface area (TPSA) is 82.0 Å². The van der Waals surface area contributed by atoms with Crippen molar-refractivity contribution in [3.63, 3.8) is 0 Å². The quantitative estimate of drug-likeness (QED) is 0.600. The minimum atomic E-state index is -3.72. The SMILES string of the molecule is CS(=O)(=O)Oc1cccc(Cl)c1C1CC(C(=O)CCl)=NO1. The Bertz CT molecular complexity index is 702. The Kier molecular flexibility index (Phi) is 4.75. The molecular weight excluding hydrogens is 341 g/mol. The Balaban J connectivity index is 2.31. The predicted octanol–water partition coefficient (Wildman–Crippen LogP) is 2.30. The van der Waals surface area contributed by atoms with E-state index >= 15 is 0 Å². The fourth-order valence-electron chi connectivity index (χ4n) is 1.84. The lowest BCUT2D eigenvalue weighted by atomic mass is 10.0. The molecule has 0 spiro atoms. The predicted molar refractivity (Wildman–Crippen MR) is 78.5 cm³/mol. The van der Waals surface area contributed by atoms with Crippen molar-refractivity contribution in [3.8, 4) is 5.75 Å². The van der Waals surface area contributed by atoms with E-state index in [0.29, 0.717) is 5.56 Å². The zero-order chi connectivity index (χ0) is 15.6. The van der Waals surface area contributed by atoms with Crippen LogP contribution in [0.15, 0.2) is 23.4 Å². The number of nitrogens with zero attached hydrogens (tertiary/aromatic N) is 1. The van der Waals surface area contributed by atoms with Gasteiger partial charge in [0.25, 0.3) is 0 Å². The Morgan fingerprint density at radius 2 is 2.24 bits per heavy atom. The largest absolute Gasteiger partial charge is 0.387 e. The number of hydrogen-bond donors (Lipinski definition) is 0. The van der Waals surface area contributed by atoms with Gasteiger partial charge >= 0.3 is 10.1 Å². The van der Waals surface area contributed by atoms with E-state index in [9.17, 15) is 13.2 Å². The van der Waals surface area contributed by atoms with Gasteiger partial charge in [-0.3, -0.25) is 4.79 Å². The Morgan fingerprint density at radius 3 is 2.86 bits per heavy atom. The average Bonchev–Trinajstić information content (AvgIpc) is 2.85. The van der Waals surface area contributed by atoms with Crippen LogP contribution in [0.3, 0.4) is 0 Å². The van der Waals surface area contributed by atoms with Crippen LogP contribution in [0, 0.1) is 0 Å². The number of rotatable bonds is 5. The fourth-order valence-corrected chi connectivity index (χ4v) is 2.75. The maximum Gasteiger partial charge on any atom is 0.306 e. The number of ketones is 1. The summed E-state index contributed by atoms with van der Waals surface area (Å²) in [7, 11) is -3.72. The average molecular weight is 352 g/mol. The molecular formula is C12H11Cl2NO5S. The summed E-state index contributed by atoms with van der Waals surface area (Å²) in [6, 6.07) is 4.57.